The van der Waals surface area contributed by atoms with Gasteiger partial charge in [-0.2, -0.15) is 0 Å². The van der Waals surface area contributed by atoms with Crippen LogP contribution in [0.2, 0.25) is 0 Å². The Hall–Kier alpha value is -1.84. The fourth-order valence-corrected chi connectivity index (χ4v) is 1.87. The SMILES string of the molecule is Cc1ccc(N)c(N2C(=O)CCCC2=O)c1. The van der Waals surface area contributed by atoms with E-state index >= 15 is 0 Å². The summed E-state index contributed by atoms with van der Waals surface area (Å²) < 4.78 is 0. The topological polar surface area (TPSA) is 63.4 Å². The molecule has 1 heterocycles. The van der Waals surface area contributed by atoms with Gasteiger partial charge in [-0.25, -0.2) is 4.90 Å². The van der Waals surface area contributed by atoms with Crippen molar-refractivity contribution in [2.75, 3.05) is 10.6 Å². The van der Waals surface area contributed by atoms with Gasteiger partial charge in [-0.3, -0.25) is 9.59 Å². The summed E-state index contributed by atoms with van der Waals surface area (Å²) in [6.45, 7) is 1.90. The van der Waals surface area contributed by atoms with Crippen LogP contribution in [0.3, 0.4) is 0 Å². The molecule has 1 aliphatic heterocycles. The summed E-state index contributed by atoms with van der Waals surface area (Å²) in [5.41, 5.74) is 7.77. The van der Waals surface area contributed by atoms with Crippen LogP contribution in [0, 0.1) is 6.92 Å². The summed E-state index contributed by atoms with van der Waals surface area (Å²) in [7, 11) is 0. The maximum Gasteiger partial charge on any atom is 0.233 e. The fraction of sp³-hybridized carbons (Fsp3) is 0.333. The summed E-state index contributed by atoms with van der Waals surface area (Å²) in [5.74, 6) is -0.317. The quantitative estimate of drug-likeness (QED) is 0.575. The van der Waals surface area contributed by atoms with Crippen LogP contribution < -0.4 is 10.6 Å². The summed E-state index contributed by atoms with van der Waals surface area (Å²) in [6.07, 6.45) is 1.47. The third kappa shape index (κ3) is 1.78. The highest BCUT2D eigenvalue weighted by atomic mass is 16.2. The smallest absolute Gasteiger partial charge is 0.233 e. The number of rotatable bonds is 1. The summed E-state index contributed by atoms with van der Waals surface area (Å²) in [4.78, 5) is 24.7. The average Bonchev–Trinajstić information content (AvgIpc) is 2.23. The van der Waals surface area contributed by atoms with Gasteiger partial charge in [-0.05, 0) is 31.0 Å². The largest absolute Gasteiger partial charge is 0.397 e. The summed E-state index contributed by atoms with van der Waals surface area (Å²) in [6, 6.07) is 5.36. The molecule has 1 aromatic carbocycles. The number of hydrogen-bond donors (Lipinski definition) is 1. The van der Waals surface area contributed by atoms with E-state index in [-0.39, 0.29) is 11.8 Å². The van der Waals surface area contributed by atoms with Gasteiger partial charge in [-0.15, -0.1) is 0 Å². The number of hydrogen-bond acceptors (Lipinski definition) is 3. The molecule has 1 saturated heterocycles. The first-order chi connectivity index (χ1) is 7.59. The van der Waals surface area contributed by atoms with Gasteiger partial charge in [0.1, 0.15) is 0 Å². The molecule has 1 aromatic rings. The summed E-state index contributed by atoms with van der Waals surface area (Å²) in [5, 5.41) is 0. The lowest BCUT2D eigenvalue weighted by molar-refractivity contribution is -0.129. The van der Waals surface area contributed by atoms with E-state index in [0.29, 0.717) is 30.6 Å². The van der Waals surface area contributed by atoms with Crippen LogP contribution in [0.25, 0.3) is 0 Å². The second-order valence-electron chi connectivity index (χ2n) is 4.04. The number of benzene rings is 1. The van der Waals surface area contributed by atoms with Crippen molar-refractivity contribution in [1.82, 2.24) is 0 Å². The first-order valence-corrected chi connectivity index (χ1v) is 5.31. The highest BCUT2D eigenvalue weighted by Crippen LogP contribution is 2.28. The number of piperidine rings is 1. The zero-order valence-corrected chi connectivity index (χ0v) is 9.19. The predicted molar refractivity (Wildman–Crippen MR) is 61.9 cm³/mol. The molecule has 16 heavy (non-hydrogen) atoms. The van der Waals surface area contributed by atoms with E-state index in [2.05, 4.69) is 0 Å². The first-order valence-electron chi connectivity index (χ1n) is 5.31. The molecule has 0 saturated carbocycles. The van der Waals surface area contributed by atoms with E-state index in [4.69, 9.17) is 5.73 Å². The van der Waals surface area contributed by atoms with E-state index in [9.17, 15) is 9.59 Å². The minimum Gasteiger partial charge on any atom is -0.397 e. The number of nitrogens with two attached hydrogens (primary N) is 1. The second-order valence-corrected chi connectivity index (χ2v) is 4.04. The van der Waals surface area contributed by atoms with Gasteiger partial charge in [0.2, 0.25) is 11.8 Å². The van der Waals surface area contributed by atoms with E-state index in [1.165, 1.54) is 4.90 Å². The van der Waals surface area contributed by atoms with Crippen molar-refractivity contribution in [2.24, 2.45) is 0 Å². The van der Waals surface area contributed by atoms with Crippen molar-refractivity contribution in [3.8, 4) is 0 Å². The van der Waals surface area contributed by atoms with Crippen LogP contribution in [0.4, 0.5) is 11.4 Å². The van der Waals surface area contributed by atoms with Gasteiger partial charge >= 0.3 is 0 Å². The molecular weight excluding hydrogens is 204 g/mol. The Morgan fingerprint density at radius 2 is 1.81 bits per heavy atom. The van der Waals surface area contributed by atoms with Crippen LogP contribution in [-0.4, -0.2) is 11.8 Å². The Balaban J connectivity index is 2.45. The molecule has 0 bridgehead atoms. The average molecular weight is 218 g/mol. The Labute approximate surface area is 94.0 Å². The molecule has 0 aliphatic carbocycles. The number of carbonyl (C=O) groups excluding carboxylic acids is 2. The van der Waals surface area contributed by atoms with Gasteiger partial charge in [0, 0.05) is 12.8 Å². The molecule has 0 atom stereocenters. The Morgan fingerprint density at radius 3 is 2.44 bits per heavy atom. The standard InChI is InChI=1S/C12H14N2O2/c1-8-5-6-9(13)10(7-8)14-11(15)3-2-4-12(14)16/h5-7H,2-4,13H2,1H3. The van der Waals surface area contributed by atoms with Crippen LogP contribution in [0.15, 0.2) is 18.2 Å². The number of imide groups is 1. The van der Waals surface area contributed by atoms with Gasteiger partial charge < -0.3 is 5.73 Å². The summed E-state index contributed by atoms with van der Waals surface area (Å²) >= 11 is 0. The molecule has 2 rings (SSSR count). The van der Waals surface area contributed by atoms with Crippen LogP contribution in [-0.2, 0) is 9.59 Å². The molecule has 0 radical (unpaired) electrons. The number of amides is 2. The van der Waals surface area contributed by atoms with Gasteiger partial charge in [0.15, 0.2) is 0 Å². The first kappa shape index (κ1) is 10.7. The van der Waals surface area contributed by atoms with E-state index in [1.54, 1.807) is 12.1 Å². The lowest BCUT2D eigenvalue weighted by Gasteiger charge is -2.26. The van der Waals surface area contributed by atoms with E-state index in [1.807, 2.05) is 13.0 Å². The number of nitrogens with zero attached hydrogens (tertiary/aromatic N) is 1. The van der Waals surface area contributed by atoms with Crippen LogP contribution in [0.1, 0.15) is 24.8 Å². The predicted octanol–water partition coefficient (Wildman–Crippen LogP) is 1.62. The Kier molecular flexibility index (Phi) is 2.64. The van der Waals surface area contributed by atoms with Crippen LogP contribution in [0.5, 0.6) is 0 Å². The van der Waals surface area contributed by atoms with Crippen molar-refractivity contribution in [3.05, 3.63) is 23.8 Å². The molecule has 0 aromatic heterocycles. The zero-order chi connectivity index (χ0) is 11.7. The van der Waals surface area contributed by atoms with Crippen molar-refractivity contribution < 1.29 is 9.59 Å². The third-order valence-electron chi connectivity index (χ3n) is 2.71. The van der Waals surface area contributed by atoms with Crippen molar-refractivity contribution in [1.29, 1.82) is 0 Å². The molecule has 1 fully saturated rings. The molecule has 0 unspecified atom stereocenters. The minimum absolute atomic E-state index is 0.159. The van der Waals surface area contributed by atoms with Gasteiger partial charge in [0.25, 0.3) is 0 Å². The molecule has 0 spiro atoms. The van der Waals surface area contributed by atoms with Gasteiger partial charge in [0.05, 0.1) is 11.4 Å². The van der Waals surface area contributed by atoms with Crippen LogP contribution >= 0.6 is 0 Å². The maximum atomic E-state index is 11.7. The fourth-order valence-electron chi connectivity index (χ4n) is 1.87. The normalized spacial score (nSPS) is 16.7. The minimum atomic E-state index is -0.159. The number of aryl methyl sites for hydroxylation is 1. The third-order valence-corrected chi connectivity index (χ3v) is 2.71. The monoisotopic (exact) mass is 218 g/mol. The highest BCUT2D eigenvalue weighted by Gasteiger charge is 2.28. The Bertz CT molecular complexity index is 438. The molecule has 2 amide bonds. The number of carbonyl (C=O) groups is 2. The molecule has 4 nitrogen and oxygen atoms in total. The van der Waals surface area contributed by atoms with E-state index in [0.717, 1.165) is 5.56 Å². The molecule has 2 N–H and O–H groups in total. The van der Waals surface area contributed by atoms with Crippen molar-refractivity contribution >= 4 is 23.2 Å². The molecule has 1 aliphatic rings. The second kappa shape index (κ2) is 3.96. The zero-order valence-electron chi connectivity index (χ0n) is 9.19. The van der Waals surface area contributed by atoms with E-state index < -0.39 is 0 Å². The highest BCUT2D eigenvalue weighted by molar-refractivity contribution is 6.17. The molecular formula is C12H14N2O2. The van der Waals surface area contributed by atoms with Crippen molar-refractivity contribution in [3.63, 3.8) is 0 Å². The lowest BCUT2D eigenvalue weighted by Crippen LogP contribution is -2.40. The number of nitrogen functional groups attached to an aromatic ring is 1. The number of anilines is 2. The van der Waals surface area contributed by atoms with Gasteiger partial charge in [-0.1, -0.05) is 6.07 Å². The Morgan fingerprint density at radius 1 is 1.19 bits per heavy atom. The lowest BCUT2D eigenvalue weighted by atomic mass is 10.1. The van der Waals surface area contributed by atoms with Crippen molar-refractivity contribution in [2.45, 2.75) is 26.2 Å². The maximum absolute atomic E-state index is 11.7. The molecule has 84 valence electrons. The molecule has 4 heteroatoms.